The zero-order chi connectivity index (χ0) is 23.1. The van der Waals surface area contributed by atoms with Crippen LogP contribution in [0.1, 0.15) is 11.6 Å². The summed E-state index contributed by atoms with van der Waals surface area (Å²) in [4.78, 5) is 23.6. The standard InChI is InChI=1S/C22H19ClN4O4S/c1-31-19-12-11-17(27(29)30)13-18(19)25-22(32)26-20(14-5-3-2-4-6-14)21(28)24-16-9-7-15(23)8-10-16/h2-13,20H,1H3,(H,24,28)(H2,25,26,32). The van der Waals surface area contributed by atoms with E-state index in [0.29, 0.717) is 27.7 Å². The number of amides is 1. The molecule has 1 unspecified atom stereocenters. The van der Waals surface area contributed by atoms with Gasteiger partial charge in [-0.05, 0) is 48.1 Å². The number of halogens is 1. The van der Waals surface area contributed by atoms with Gasteiger partial charge in [-0.15, -0.1) is 0 Å². The highest BCUT2D eigenvalue weighted by atomic mass is 35.5. The van der Waals surface area contributed by atoms with Gasteiger partial charge < -0.3 is 20.7 Å². The maximum atomic E-state index is 13.0. The number of thiocarbonyl (C=S) groups is 1. The van der Waals surface area contributed by atoms with Gasteiger partial charge in [-0.1, -0.05) is 41.9 Å². The number of rotatable bonds is 7. The summed E-state index contributed by atoms with van der Waals surface area (Å²) >= 11 is 11.3. The van der Waals surface area contributed by atoms with E-state index in [2.05, 4.69) is 16.0 Å². The Balaban J connectivity index is 1.81. The first kappa shape index (κ1) is 23.0. The molecule has 3 N–H and O–H groups in total. The van der Waals surface area contributed by atoms with E-state index in [1.54, 1.807) is 48.5 Å². The van der Waals surface area contributed by atoms with Gasteiger partial charge in [0.15, 0.2) is 5.11 Å². The van der Waals surface area contributed by atoms with E-state index in [0.717, 1.165) is 0 Å². The van der Waals surface area contributed by atoms with Gasteiger partial charge in [0, 0.05) is 22.8 Å². The molecule has 0 aromatic heterocycles. The Hall–Kier alpha value is -3.69. The molecule has 3 aromatic rings. The molecule has 0 spiro atoms. The Labute approximate surface area is 194 Å². The summed E-state index contributed by atoms with van der Waals surface area (Å²) < 4.78 is 5.24. The van der Waals surface area contributed by atoms with Crippen LogP contribution in [0.5, 0.6) is 5.75 Å². The molecule has 0 heterocycles. The molecule has 0 saturated heterocycles. The van der Waals surface area contributed by atoms with Crippen molar-refractivity contribution in [2.75, 3.05) is 17.7 Å². The molecular weight excluding hydrogens is 452 g/mol. The van der Waals surface area contributed by atoms with Crippen molar-refractivity contribution in [2.24, 2.45) is 0 Å². The normalized spacial score (nSPS) is 11.2. The van der Waals surface area contributed by atoms with Crippen LogP contribution in [-0.2, 0) is 4.79 Å². The lowest BCUT2D eigenvalue weighted by atomic mass is 10.1. The molecule has 0 aliphatic rings. The van der Waals surface area contributed by atoms with Crippen LogP contribution < -0.4 is 20.7 Å². The zero-order valence-electron chi connectivity index (χ0n) is 16.9. The quantitative estimate of drug-likeness (QED) is 0.255. The van der Waals surface area contributed by atoms with Crippen LogP contribution in [0.15, 0.2) is 72.8 Å². The van der Waals surface area contributed by atoms with Crippen molar-refractivity contribution in [1.29, 1.82) is 0 Å². The molecule has 164 valence electrons. The second-order valence-electron chi connectivity index (χ2n) is 6.58. The summed E-state index contributed by atoms with van der Waals surface area (Å²) in [5.41, 5.74) is 1.41. The van der Waals surface area contributed by atoms with Crippen molar-refractivity contribution in [3.05, 3.63) is 93.5 Å². The lowest BCUT2D eigenvalue weighted by Crippen LogP contribution is -2.39. The third kappa shape index (κ3) is 5.93. The fraction of sp³-hybridized carbons (Fsp3) is 0.0909. The number of nitrogens with zero attached hydrogens (tertiary/aromatic N) is 1. The minimum absolute atomic E-state index is 0.0870. The lowest BCUT2D eigenvalue weighted by molar-refractivity contribution is -0.384. The van der Waals surface area contributed by atoms with Gasteiger partial charge >= 0.3 is 0 Å². The number of benzene rings is 3. The average Bonchev–Trinajstić information content (AvgIpc) is 2.79. The highest BCUT2D eigenvalue weighted by molar-refractivity contribution is 7.80. The third-order valence-electron chi connectivity index (χ3n) is 4.42. The number of non-ortho nitro benzene ring substituents is 1. The highest BCUT2D eigenvalue weighted by Crippen LogP contribution is 2.29. The topological polar surface area (TPSA) is 106 Å². The molecule has 8 nitrogen and oxygen atoms in total. The van der Waals surface area contributed by atoms with E-state index in [-0.39, 0.29) is 16.7 Å². The molecule has 0 saturated carbocycles. The maximum absolute atomic E-state index is 13.0. The molecule has 0 aliphatic carbocycles. The van der Waals surface area contributed by atoms with Crippen molar-refractivity contribution >= 4 is 51.9 Å². The van der Waals surface area contributed by atoms with Gasteiger partial charge in [-0.25, -0.2) is 0 Å². The Bertz CT molecular complexity index is 1130. The molecule has 3 aromatic carbocycles. The first-order chi connectivity index (χ1) is 15.4. The first-order valence-electron chi connectivity index (χ1n) is 9.38. The minimum Gasteiger partial charge on any atom is -0.495 e. The number of nitro benzene ring substituents is 1. The van der Waals surface area contributed by atoms with Gasteiger partial charge in [0.1, 0.15) is 11.8 Å². The predicted molar refractivity (Wildman–Crippen MR) is 128 cm³/mol. The number of carbonyl (C=O) groups is 1. The number of anilines is 2. The summed E-state index contributed by atoms with van der Waals surface area (Å²) in [5, 5.41) is 20.4. The molecule has 0 bridgehead atoms. The predicted octanol–water partition coefficient (Wildman–Crippen LogP) is 4.92. The molecule has 32 heavy (non-hydrogen) atoms. The number of carbonyl (C=O) groups excluding carboxylic acids is 1. The van der Waals surface area contributed by atoms with E-state index in [1.807, 2.05) is 6.07 Å². The van der Waals surface area contributed by atoms with Crippen LogP contribution in [0.4, 0.5) is 17.1 Å². The number of nitro groups is 1. The second-order valence-corrected chi connectivity index (χ2v) is 7.42. The molecule has 0 fully saturated rings. The Morgan fingerprint density at radius 2 is 1.75 bits per heavy atom. The number of hydrogen-bond donors (Lipinski definition) is 3. The fourth-order valence-electron chi connectivity index (χ4n) is 2.89. The lowest BCUT2D eigenvalue weighted by Gasteiger charge is -2.21. The number of ether oxygens (including phenoxy) is 1. The Morgan fingerprint density at radius 1 is 1.06 bits per heavy atom. The molecule has 0 radical (unpaired) electrons. The zero-order valence-corrected chi connectivity index (χ0v) is 18.4. The summed E-state index contributed by atoms with van der Waals surface area (Å²) in [6.07, 6.45) is 0. The fourth-order valence-corrected chi connectivity index (χ4v) is 3.24. The van der Waals surface area contributed by atoms with Crippen LogP contribution >= 0.6 is 23.8 Å². The smallest absolute Gasteiger partial charge is 0.271 e. The minimum atomic E-state index is -0.837. The summed E-state index contributed by atoms with van der Waals surface area (Å²) in [5.74, 6) is 0.00954. The van der Waals surface area contributed by atoms with Gasteiger partial charge in [-0.2, -0.15) is 0 Å². The largest absolute Gasteiger partial charge is 0.495 e. The van der Waals surface area contributed by atoms with Crippen LogP contribution in [0, 0.1) is 10.1 Å². The molecule has 10 heteroatoms. The monoisotopic (exact) mass is 470 g/mol. The van der Waals surface area contributed by atoms with Crippen LogP contribution in [0.25, 0.3) is 0 Å². The highest BCUT2D eigenvalue weighted by Gasteiger charge is 2.22. The maximum Gasteiger partial charge on any atom is 0.271 e. The Kier molecular flexibility index (Phi) is 7.58. The second kappa shape index (κ2) is 10.6. The first-order valence-corrected chi connectivity index (χ1v) is 10.2. The van der Waals surface area contributed by atoms with Crippen molar-refractivity contribution < 1.29 is 14.5 Å². The Morgan fingerprint density at radius 3 is 2.38 bits per heavy atom. The third-order valence-corrected chi connectivity index (χ3v) is 4.90. The van der Waals surface area contributed by atoms with Crippen LogP contribution in [0.3, 0.4) is 0 Å². The molecule has 1 atom stereocenters. The van der Waals surface area contributed by atoms with E-state index in [1.165, 1.54) is 25.3 Å². The number of nitrogens with one attached hydrogen (secondary N) is 3. The molecular formula is C22H19ClN4O4S. The summed E-state index contributed by atoms with van der Waals surface area (Å²) in [6, 6.07) is 19.0. The summed E-state index contributed by atoms with van der Waals surface area (Å²) in [7, 11) is 1.44. The molecule has 1 amide bonds. The van der Waals surface area contributed by atoms with E-state index in [9.17, 15) is 14.9 Å². The van der Waals surface area contributed by atoms with Gasteiger partial charge in [0.05, 0.1) is 17.7 Å². The molecule has 3 rings (SSSR count). The van der Waals surface area contributed by atoms with Crippen molar-refractivity contribution in [3.8, 4) is 5.75 Å². The van der Waals surface area contributed by atoms with Gasteiger partial charge in [0.25, 0.3) is 11.6 Å². The number of hydrogen-bond acceptors (Lipinski definition) is 5. The summed E-state index contributed by atoms with van der Waals surface area (Å²) in [6.45, 7) is 0. The van der Waals surface area contributed by atoms with Crippen molar-refractivity contribution in [1.82, 2.24) is 5.32 Å². The molecule has 0 aliphatic heterocycles. The number of methoxy groups -OCH3 is 1. The van der Waals surface area contributed by atoms with Gasteiger partial charge in [-0.3, -0.25) is 14.9 Å². The van der Waals surface area contributed by atoms with E-state index < -0.39 is 11.0 Å². The van der Waals surface area contributed by atoms with E-state index in [4.69, 9.17) is 28.6 Å². The van der Waals surface area contributed by atoms with E-state index >= 15 is 0 Å². The van der Waals surface area contributed by atoms with Gasteiger partial charge in [0.2, 0.25) is 0 Å². The van der Waals surface area contributed by atoms with Crippen molar-refractivity contribution in [3.63, 3.8) is 0 Å². The average molecular weight is 471 g/mol. The van der Waals surface area contributed by atoms with Crippen LogP contribution in [0.2, 0.25) is 5.02 Å². The SMILES string of the molecule is COc1ccc([N+](=O)[O-])cc1NC(=S)NC(C(=O)Nc1ccc(Cl)cc1)c1ccccc1. The van der Waals surface area contributed by atoms with Crippen LogP contribution in [-0.4, -0.2) is 23.1 Å². The van der Waals surface area contributed by atoms with Crippen molar-refractivity contribution in [2.45, 2.75) is 6.04 Å².